The summed E-state index contributed by atoms with van der Waals surface area (Å²) in [5.74, 6) is 0.551. The molecule has 1 aliphatic heterocycles. The van der Waals surface area contributed by atoms with Crippen LogP contribution in [0.25, 0.3) is 0 Å². The number of amides is 1. The molecule has 0 saturated carbocycles. The van der Waals surface area contributed by atoms with Gasteiger partial charge in [-0.15, -0.1) is 0 Å². The van der Waals surface area contributed by atoms with Gasteiger partial charge in [-0.1, -0.05) is 48.7 Å². The summed E-state index contributed by atoms with van der Waals surface area (Å²) in [5, 5.41) is 2.71. The molecule has 1 aliphatic rings. The molecule has 0 atom stereocenters. The summed E-state index contributed by atoms with van der Waals surface area (Å²) in [7, 11) is -7.76. The van der Waals surface area contributed by atoms with Gasteiger partial charge >= 0.3 is 0 Å². The lowest BCUT2D eigenvalue weighted by atomic mass is 10.2. The summed E-state index contributed by atoms with van der Waals surface area (Å²) in [6.45, 7) is 2.33. The Bertz CT molecular complexity index is 1770. The maximum absolute atomic E-state index is 13.8. The first kappa shape index (κ1) is 31.2. The number of hydrogen-bond donors (Lipinski definition) is 1. The fraction of sp³-hybridized carbons (Fsp3) is 0.242. The number of hydrogen-bond acceptors (Lipinski definition) is 6. The average Bonchev–Trinajstić information content (AvgIpc) is 3.32. The Morgan fingerprint density at radius 3 is 1.91 bits per heavy atom. The van der Waals surface area contributed by atoms with Crippen LogP contribution >= 0.6 is 0 Å². The zero-order valence-corrected chi connectivity index (χ0v) is 26.1. The molecule has 5 rings (SSSR count). The fourth-order valence-corrected chi connectivity index (χ4v) is 7.87. The number of carbonyl (C=O) groups is 1. The number of carbonyl (C=O) groups excluding carboxylic acids is 1. The number of nitrogens with one attached hydrogen (secondary N) is 1. The van der Waals surface area contributed by atoms with Crippen molar-refractivity contribution in [2.24, 2.45) is 0 Å². The largest absolute Gasteiger partial charge is 0.457 e. The first-order valence-corrected chi connectivity index (χ1v) is 17.3. The van der Waals surface area contributed by atoms with Crippen LogP contribution in [0, 0.1) is 6.92 Å². The fourth-order valence-electron chi connectivity index (χ4n) is 4.93. The predicted molar refractivity (Wildman–Crippen MR) is 171 cm³/mol. The molecule has 1 N–H and O–H groups in total. The number of anilines is 2. The van der Waals surface area contributed by atoms with Crippen molar-refractivity contribution in [3.05, 3.63) is 109 Å². The highest BCUT2D eigenvalue weighted by Crippen LogP contribution is 2.29. The molecule has 0 unspecified atom stereocenters. The Hall–Kier alpha value is -4.19. The molecule has 9 nitrogen and oxygen atoms in total. The molecule has 4 aromatic carbocycles. The Balaban J connectivity index is 1.35. The van der Waals surface area contributed by atoms with Crippen molar-refractivity contribution in [3.8, 4) is 11.5 Å². The third kappa shape index (κ3) is 7.47. The number of nitrogens with zero attached hydrogens (tertiary/aromatic N) is 2. The SMILES string of the molecule is Cc1ccc(S(=O)(=O)N(CC(=O)Nc2ccc(S(=O)(=O)N3CCCCCC3)cc2)c2ccc(Oc3ccccc3)cc2)cc1. The van der Waals surface area contributed by atoms with E-state index in [1.165, 1.54) is 40.7 Å². The van der Waals surface area contributed by atoms with Crippen LogP contribution < -0.4 is 14.4 Å². The van der Waals surface area contributed by atoms with Crippen molar-refractivity contribution in [3.63, 3.8) is 0 Å². The molecule has 11 heteroatoms. The summed E-state index contributed by atoms with van der Waals surface area (Å²) >= 11 is 0. The molecule has 4 aromatic rings. The van der Waals surface area contributed by atoms with Crippen LogP contribution in [0.1, 0.15) is 31.2 Å². The zero-order chi connectivity index (χ0) is 31.2. The van der Waals surface area contributed by atoms with E-state index in [9.17, 15) is 21.6 Å². The summed E-state index contributed by atoms with van der Waals surface area (Å²) < 4.78 is 62.2. The lowest BCUT2D eigenvalue weighted by Gasteiger charge is -2.24. The molecule has 0 radical (unpaired) electrons. The van der Waals surface area contributed by atoms with E-state index in [2.05, 4.69) is 5.32 Å². The minimum absolute atomic E-state index is 0.0450. The number of benzene rings is 4. The van der Waals surface area contributed by atoms with Crippen molar-refractivity contribution in [2.45, 2.75) is 42.4 Å². The maximum Gasteiger partial charge on any atom is 0.264 e. The van der Waals surface area contributed by atoms with E-state index in [-0.39, 0.29) is 15.5 Å². The molecule has 0 bridgehead atoms. The van der Waals surface area contributed by atoms with Gasteiger partial charge in [0, 0.05) is 18.8 Å². The molecular formula is C33H35N3O6S2. The van der Waals surface area contributed by atoms with Gasteiger partial charge in [0.05, 0.1) is 15.5 Å². The van der Waals surface area contributed by atoms with E-state index < -0.39 is 32.5 Å². The third-order valence-corrected chi connectivity index (χ3v) is 11.0. The molecular weight excluding hydrogens is 599 g/mol. The summed E-state index contributed by atoms with van der Waals surface area (Å²) in [4.78, 5) is 13.4. The van der Waals surface area contributed by atoms with E-state index in [4.69, 9.17) is 4.74 Å². The first-order chi connectivity index (χ1) is 21.1. The third-order valence-electron chi connectivity index (χ3n) is 7.34. The molecule has 1 heterocycles. The molecule has 0 aliphatic carbocycles. The van der Waals surface area contributed by atoms with Gasteiger partial charge in [0.25, 0.3) is 10.0 Å². The molecule has 1 fully saturated rings. The van der Waals surface area contributed by atoms with E-state index >= 15 is 0 Å². The Labute approximate surface area is 259 Å². The highest BCUT2D eigenvalue weighted by Gasteiger charge is 2.28. The van der Waals surface area contributed by atoms with Crippen LogP contribution in [-0.4, -0.2) is 46.7 Å². The van der Waals surface area contributed by atoms with Crippen LogP contribution in [0.3, 0.4) is 0 Å². The second kappa shape index (κ2) is 13.6. The van der Waals surface area contributed by atoms with E-state index in [1.54, 1.807) is 36.4 Å². The molecule has 0 spiro atoms. The number of sulfonamides is 2. The summed E-state index contributed by atoms with van der Waals surface area (Å²) in [6.07, 6.45) is 3.69. The molecule has 1 saturated heterocycles. The Kier molecular flexibility index (Phi) is 9.68. The van der Waals surface area contributed by atoms with Gasteiger partial charge in [-0.2, -0.15) is 4.31 Å². The van der Waals surface area contributed by atoms with Crippen molar-refractivity contribution < 1.29 is 26.4 Å². The highest BCUT2D eigenvalue weighted by atomic mass is 32.2. The van der Waals surface area contributed by atoms with Gasteiger partial charge in [0.2, 0.25) is 15.9 Å². The lowest BCUT2D eigenvalue weighted by molar-refractivity contribution is -0.114. The maximum atomic E-state index is 13.8. The predicted octanol–water partition coefficient (Wildman–Crippen LogP) is 6.19. The molecule has 0 aromatic heterocycles. The standard InChI is InChI=1S/C33H35N3O6S2/c1-26-11-19-32(20-12-26)44(40,41)36(28-15-17-30(18-16-28)42-29-9-5-4-6-10-29)25-33(37)34-27-13-21-31(22-14-27)43(38,39)35-23-7-2-3-8-24-35/h4-6,9-22H,2-3,7-8,23-25H2,1H3,(H,34,37). The second-order valence-electron chi connectivity index (χ2n) is 10.6. The van der Waals surface area contributed by atoms with Crippen molar-refractivity contribution in [1.29, 1.82) is 0 Å². The topological polar surface area (TPSA) is 113 Å². The van der Waals surface area contributed by atoms with Crippen LogP contribution in [0.4, 0.5) is 11.4 Å². The minimum Gasteiger partial charge on any atom is -0.457 e. The van der Waals surface area contributed by atoms with Crippen LogP contribution in [0.2, 0.25) is 0 Å². The van der Waals surface area contributed by atoms with Crippen molar-refractivity contribution in [2.75, 3.05) is 29.3 Å². The number of para-hydroxylation sites is 1. The van der Waals surface area contributed by atoms with Gasteiger partial charge in [0.15, 0.2) is 0 Å². The van der Waals surface area contributed by atoms with Gasteiger partial charge < -0.3 is 10.1 Å². The number of rotatable bonds is 10. The van der Waals surface area contributed by atoms with Gasteiger partial charge in [-0.25, -0.2) is 16.8 Å². The van der Waals surface area contributed by atoms with Gasteiger partial charge in [0.1, 0.15) is 18.0 Å². The van der Waals surface area contributed by atoms with Crippen LogP contribution in [-0.2, 0) is 24.8 Å². The van der Waals surface area contributed by atoms with Crippen LogP contribution in [0.5, 0.6) is 11.5 Å². The number of ether oxygens (including phenoxy) is 1. The van der Waals surface area contributed by atoms with Gasteiger partial charge in [-0.05, 0) is 92.6 Å². The molecule has 1 amide bonds. The minimum atomic E-state index is -4.12. The molecule has 230 valence electrons. The van der Waals surface area contributed by atoms with Crippen molar-refractivity contribution >= 4 is 37.3 Å². The first-order valence-electron chi connectivity index (χ1n) is 14.5. The van der Waals surface area contributed by atoms with Crippen LogP contribution in [0.15, 0.2) is 113 Å². The van der Waals surface area contributed by atoms with E-state index in [1.807, 2.05) is 37.3 Å². The smallest absolute Gasteiger partial charge is 0.264 e. The second-order valence-corrected chi connectivity index (χ2v) is 14.4. The summed E-state index contributed by atoms with van der Waals surface area (Å²) in [6, 6.07) is 28.0. The Morgan fingerprint density at radius 2 is 1.30 bits per heavy atom. The highest BCUT2D eigenvalue weighted by molar-refractivity contribution is 7.92. The van der Waals surface area contributed by atoms with E-state index in [0.29, 0.717) is 30.3 Å². The number of aryl methyl sites for hydroxylation is 1. The van der Waals surface area contributed by atoms with E-state index in [0.717, 1.165) is 35.6 Å². The lowest BCUT2D eigenvalue weighted by Crippen LogP contribution is -2.38. The summed E-state index contributed by atoms with van der Waals surface area (Å²) in [5.41, 5.74) is 1.53. The normalized spacial score (nSPS) is 14.4. The van der Waals surface area contributed by atoms with Gasteiger partial charge in [-0.3, -0.25) is 9.10 Å². The Morgan fingerprint density at radius 1 is 0.727 bits per heavy atom. The average molecular weight is 634 g/mol. The van der Waals surface area contributed by atoms with Crippen molar-refractivity contribution in [1.82, 2.24) is 4.31 Å². The molecule has 44 heavy (non-hydrogen) atoms. The monoisotopic (exact) mass is 633 g/mol. The quantitative estimate of drug-likeness (QED) is 0.223. The zero-order valence-electron chi connectivity index (χ0n) is 24.4.